The van der Waals surface area contributed by atoms with E-state index < -0.39 is 5.82 Å². The van der Waals surface area contributed by atoms with Gasteiger partial charge in [0, 0.05) is 21.2 Å². The minimum absolute atomic E-state index is 0.0304. The van der Waals surface area contributed by atoms with Gasteiger partial charge in [-0.15, -0.1) is 0 Å². The molecule has 0 bridgehead atoms. The zero-order valence-corrected chi connectivity index (χ0v) is 12.4. The minimum Gasteiger partial charge on any atom is -0.487 e. The first kappa shape index (κ1) is 15.4. The molecule has 0 spiro atoms. The number of halogens is 4. The van der Waals surface area contributed by atoms with E-state index in [-0.39, 0.29) is 24.0 Å². The lowest BCUT2D eigenvalue weighted by Crippen LogP contribution is -2.01. The van der Waals surface area contributed by atoms with Crippen molar-refractivity contribution in [2.45, 2.75) is 13.2 Å². The molecule has 106 valence electrons. The molecule has 0 saturated carbocycles. The van der Waals surface area contributed by atoms with E-state index >= 15 is 0 Å². The molecule has 0 aromatic heterocycles. The summed E-state index contributed by atoms with van der Waals surface area (Å²) in [5, 5.41) is 10.2. The van der Waals surface area contributed by atoms with Crippen LogP contribution in [0.15, 0.2) is 30.3 Å². The Kier molecular flexibility index (Phi) is 5.11. The molecule has 0 aliphatic heterocycles. The van der Waals surface area contributed by atoms with Crippen molar-refractivity contribution in [3.05, 3.63) is 62.3 Å². The summed E-state index contributed by atoms with van der Waals surface area (Å²) in [6.45, 7) is -0.309. The van der Waals surface area contributed by atoms with E-state index in [1.54, 1.807) is 12.1 Å². The summed E-state index contributed by atoms with van der Waals surface area (Å²) in [5.41, 5.74) is 0.779. The van der Waals surface area contributed by atoms with E-state index in [2.05, 4.69) is 0 Å². The van der Waals surface area contributed by atoms with Gasteiger partial charge in [-0.3, -0.25) is 0 Å². The van der Waals surface area contributed by atoms with Crippen LogP contribution >= 0.6 is 34.8 Å². The molecule has 0 aliphatic carbocycles. The second-order valence-corrected chi connectivity index (χ2v) is 5.34. The van der Waals surface area contributed by atoms with Crippen molar-refractivity contribution < 1.29 is 14.2 Å². The molecule has 2 aromatic carbocycles. The summed E-state index contributed by atoms with van der Waals surface area (Å²) in [6, 6.07) is 7.34. The van der Waals surface area contributed by atoms with Crippen LogP contribution in [0.25, 0.3) is 0 Å². The first-order valence-corrected chi connectivity index (χ1v) is 6.80. The number of hydrogen-bond acceptors (Lipinski definition) is 2. The molecule has 0 atom stereocenters. The quantitative estimate of drug-likeness (QED) is 0.865. The average molecular weight is 336 g/mol. The van der Waals surface area contributed by atoms with Crippen molar-refractivity contribution in [2.75, 3.05) is 0 Å². The third-order valence-corrected chi connectivity index (χ3v) is 3.38. The zero-order chi connectivity index (χ0) is 14.7. The highest BCUT2D eigenvalue weighted by Crippen LogP contribution is 2.33. The van der Waals surface area contributed by atoms with Gasteiger partial charge < -0.3 is 9.84 Å². The molecule has 2 aromatic rings. The highest BCUT2D eigenvalue weighted by molar-refractivity contribution is 6.35. The van der Waals surface area contributed by atoms with Gasteiger partial charge in [-0.2, -0.15) is 0 Å². The normalized spacial score (nSPS) is 10.7. The van der Waals surface area contributed by atoms with Crippen LogP contribution in [0.5, 0.6) is 5.75 Å². The molecule has 2 nitrogen and oxygen atoms in total. The third kappa shape index (κ3) is 3.55. The van der Waals surface area contributed by atoms with Gasteiger partial charge >= 0.3 is 0 Å². The van der Waals surface area contributed by atoms with E-state index in [0.29, 0.717) is 21.2 Å². The number of aliphatic hydroxyl groups excluding tert-OH is 1. The molecule has 0 radical (unpaired) electrons. The molecule has 0 saturated heterocycles. The van der Waals surface area contributed by atoms with E-state index in [1.807, 2.05) is 0 Å². The van der Waals surface area contributed by atoms with Crippen molar-refractivity contribution in [1.82, 2.24) is 0 Å². The summed E-state index contributed by atoms with van der Waals surface area (Å²) in [5.74, 6) is -0.180. The standard InChI is InChI=1S/C14H10Cl3FO2/c15-10-2-1-8(13(18)5-10)7-20-14-9(6-19)3-11(16)4-12(14)17/h1-5,19H,6-7H2. The predicted octanol–water partition coefficient (Wildman–Crippen LogP) is 4.86. The lowest BCUT2D eigenvalue weighted by molar-refractivity contribution is 0.257. The maximum absolute atomic E-state index is 13.6. The first-order chi connectivity index (χ1) is 9.51. The monoisotopic (exact) mass is 334 g/mol. The lowest BCUT2D eigenvalue weighted by Gasteiger charge is -2.13. The van der Waals surface area contributed by atoms with Crippen LogP contribution in [0.1, 0.15) is 11.1 Å². The maximum Gasteiger partial charge on any atom is 0.144 e. The Labute approximate surface area is 130 Å². The lowest BCUT2D eigenvalue weighted by atomic mass is 10.2. The number of hydrogen-bond donors (Lipinski definition) is 1. The molecule has 0 unspecified atom stereocenters. The van der Waals surface area contributed by atoms with Gasteiger partial charge in [0.2, 0.25) is 0 Å². The molecule has 2 rings (SSSR count). The Hall–Kier alpha value is -1.00. The minimum atomic E-state index is -0.465. The summed E-state index contributed by atoms with van der Waals surface area (Å²) >= 11 is 17.5. The summed E-state index contributed by atoms with van der Waals surface area (Å²) in [7, 11) is 0. The SMILES string of the molecule is OCc1cc(Cl)cc(Cl)c1OCc1ccc(Cl)cc1F. The summed E-state index contributed by atoms with van der Waals surface area (Å²) in [4.78, 5) is 0. The zero-order valence-electron chi connectivity index (χ0n) is 10.2. The predicted molar refractivity (Wildman–Crippen MR) is 78.1 cm³/mol. The first-order valence-electron chi connectivity index (χ1n) is 5.66. The smallest absolute Gasteiger partial charge is 0.144 e. The van der Waals surface area contributed by atoms with Crippen LogP contribution in [-0.4, -0.2) is 5.11 Å². The van der Waals surface area contributed by atoms with Crippen molar-refractivity contribution >= 4 is 34.8 Å². The van der Waals surface area contributed by atoms with E-state index in [1.165, 1.54) is 18.2 Å². The van der Waals surface area contributed by atoms with Crippen LogP contribution in [0.3, 0.4) is 0 Å². The average Bonchev–Trinajstić information content (AvgIpc) is 2.38. The van der Waals surface area contributed by atoms with Crippen molar-refractivity contribution in [3.8, 4) is 5.75 Å². The number of benzene rings is 2. The van der Waals surface area contributed by atoms with E-state index in [0.717, 1.165) is 0 Å². The molecule has 0 fully saturated rings. The summed E-state index contributed by atoms with van der Waals surface area (Å²) < 4.78 is 19.1. The van der Waals surface area contributed by atoms with Gasteiger partial charge in [0.1, 0.15) is 18.2 Å². The van der Waals surface area contributed by atoms with Gasteiger partial charge in [-0.1, -0.05) is 40.9 Å². The molecular weight excluding hydrogens is 326 g/mol. The van der Waals surface area contributed by atoms with Crippen molar-refractivity contribution in [3.63, 3.8) is 0 Å². The Morgan fingerprint density at radius 2 is 1.75 bits per heavy atom. The maximum atomic E-state index is 13.6. The third-order valence-electron chi connectivity index (χ3n) is 2.64. The molecule has 1 N–H and O–H groups in total. The Balaban J connectivity index is 2.22. The fourth-order valence-electron chi connectivity index (χ4n) is 1.68. The molecule has 0 aliphatic rings. The Bertz CT molecular complexity index is 632. The van der Waals surface area contributed by atoms with Crippen molar-refractivity contribution in [1.29, 1.82) is 0 Å². The van der Waals surface area contributed by atoms with Crippen LogP contribution in [-0.2, 0) is 13.2 Å². The van der Waals surface area contributed by atoms with E-state index in [9.17, 15) is 9.50 Å². The van der Waals surface area contributed by atoms with Gasteiger partial charge in [-0.25, -0.2) is 4.39 Å². The van der Waals surface area contributed by atoms with Gasteiger partial charge in [0.25, 0.3) is 0 Å². The molecule has 0 heterocycles. The fraction of sp³-hybridized carbons (Fsp3) is 0.143. The largest absolute Gasteiger partial charge is 0.487 e. The number of aliphatic hydroxyl groups is 1. The van der Waals surface area contributed by atoms with Gasteiger partial charge in [0.15, 0.2) is 0 Å². The summed E-state index contributed by atoms with van der Waals surface area (Å²) in [6.07, 6.45) is 0. The second kappa shape index (κ2) is 6.64. The molecular formula is C14H10Cl3FO2. The highest BCUT2D eigenvalue weighted by Gasteiger charge is 2.12. The van der Waals surface area contributed by atoms with Crippen LogP contribution < -0.4 is 4.74 Å². The van der Waals surface area contributed by atoms with Crippen LogP contribution in [0.2, 0.25) is 15.1 Å². The fourth-order valence-corrected chi connectivity index (χ4v) is 2.43. The van der Waals surface area contributed by atoms with Crippen molar-refractivity contribution in [2.24, 2.45) is 0 Å². The highest BCUT2D eigenvalue weighted by atomic mass is 35.5. The Morgan fingerprint density at radius 3 is 2.40 bits per heavy atom. The molecule has 6 heteroatoms. The van der Waals surface area contributed by atoms with E-state index in [4.69, 9.17) is 39.5 Å². The number of rotatable bonds is 4. The Morgan fingerprint density at radius 1 is 1.00 bits per heavy atom. The molecule has 20 heavy (non-hydrogen) atoms. The van der Waals surface area contributed by atoms with Gasteiger partial charge in [-0.05, 0) is 24.3 Å². The second-order valence-electron chi connectivity index (χ2n) is 4.06. The molecule has 0 amide bonds. The van der Waals surface area contributed by atoms with Crippen LogP contribution in [0.4, 0.5) is 4.39 Å². The number of ether oxygens (including phenoxy) is 1. The topological polar surface area (TPSA) is 29.5 Å². The van der Waals surface area contributed by atoms with Gasteiger partial charge in [0.05, 0.1) is 11.6 Å². The van der Waals surface area contributed by atoms with Crippen LogP contribution in [0, 0.1) is 5.82 Å².